The van der Waals surface area contributed by atoms with Crippen LogP contribution in [-0.2, 0) is 0 Å². The Morgan fingerprint density at radius 2 is 0.575 bits per heavy atom. The van der Waals surface area contributed by atoms with Gasteiger partial charge in [0.05, 0.1) is 17.1 Å². The van der Waals surface area contributed by atoms with E-state index in [0.717, 1.165) is 134 Å². The van der Waals surface area contributed by atoms with Crippen molar-refractivity contribution in [2.45, 2.75) is 0 Å². The largest absolute Gasteiger partial charge is 0.456 e. The van der Waals surface area contributed by atoms with Gasteiger partial charge in [-0.15, -0.1) is 0 Å². The summed E-state index contributed by atoms with van der Waals surface area (Å²) in [5.74, 6) is 0. The first-order valence-electron chi connectivity index (χ1n) is 24.6. The molecule has 0 aliphatic carbocycles. The van der Waals surface area contributed by atoms with Crippen molar-refractivity contribution < 1.29 is 4.42 Å². The van der Waals surface area contributed by atoms with Gasteiger partial charge in [-0.05, 0) is 157 Å². The zero-order valence-corrected chi connectivity index (χ0v) is 39.7. The third kappa shape index (κ3) is 8.37. The fraction of sp³-hybridized carbons (Fsp3) is 0. The van der Waals surface area contributed by atoms with E-state index in [-0.39, 0.29) is 0 Å². The lowest BCUT2D eigenvalue weighted by atomic mass is 9.84. The summed E-state index contributed by atoms with van der Waals surface area (Å²) in [4.78, 5) is 14.0. The van der Waals surface area contributed by atoms with Crippen molar-refractivity contribution in [1.82, 2.24) is 15.0 Å². The summed E-state index contributed by atoms with van der Waals surface area (Å²) in [5.41, 5.74) is 23.5. The highest BCUT2D eigenvalue weighted by molar-refractivity contribution is 6.07. The maximum absolute atomic E-state index is 6.50. The quantitative estimate of drug-likeness (QED) is 0.137. The molecule has 0 radical (unpaired) electrons. The van der Waals surface area contributed by atoms with Crippen LogP contribution in [-0.4, -0.2) is 15.0 Å². The van der Waals surface area contributed by atoms with E-state index in [4.69, 9.17) is 9.40 Å². The van der Waals surface area contributed by atoms with Crippen LogP contribution in [0.25, 0.3) is 134 Å². The standard InChI is InChI=1S/C69H45N3O/c1-3-17-57(55(15-1)46-26-30-48(31-27-46)65-22-9-12-38-70-65)52-41-53(58-18-4-2-16-56(58)47-28-32-49(33-29-47)66-23-10-13-39-71-66)43-54(42-52)59-19-5-6-20-60(59)61-36-35-51(67-24-11-14-40-72-67)44-64(61)50-34-37-63-62-21-7-8-25-68(62)73-69(63)45-50/h1-45H. The fourth-order valence-electron chi connectivity index (χ4n) is 10.3. The van der Waals surface area contributed by atoms with Gasteiger partial charge < -0.3 is 4.42 Å². The van der Waals surface area contributed by atoms with Crippen molar-refractivity contribution in [2.75, 3.05) is 0 Å². The molecule has 342 valence electrons. The average molecular weight is 932 g/mol. The van der Waals surface area contributed by atoms with Crippen LogP contribution in [0.3, 0.4) is 0 Å². The van der Waals surface area contributed by atoms with E-state index >= 15 is 0 Å². The highest BCUT2D eigenvalue weighted by Crippen LogP contribution is 2.45. The molecule has 9 aromatic carbocycles. The predicted molar refractivity (Wildman–Crippen MR) is 301 cm³/mol. The molecule has 13 aromatic rings. The van der Waals surface area contributed by atoms with Gasteiger partial charge in [-0.2, -0.15) is 0 Å². The molecule has 4 nitrogen and oxygen atoms in total. The number of pyridine rings is 3. The summed E-state index contributed by atoms with van der Waals surface area (Å²) in [6, 6.07) is 90.8. The number of hydrogen-bond acceptors (Lipinski definition) is 4. The smallest absolute Gasteiger partial charge is 0.136 e. The third-order valence-corrected chi connectivity index (χ3v) is 13.9. The minimum atomic E-state index is 0.855. The molecule has 0 unspecified atom stereocenters. The van der Waals surface area contributed by atoms with Crippen molar-refractivity contribution in [1.29, 1.82) is 0 Å². The third-order valence-electron chi connectivity index (χ3n) is 13.9. The number of fused-ring (bicyclic) bond motifs is 3. The molecule has 0 N–H and O–H groups in total. The van der Waals surface area contributed by atoms with Crippen molar-refractivity contribution >= 4 is 21.9 Å². The van der Waals surface area contributed by atoms with Gasteiger partial charge in [0.15, 0.2) is 0 Å². The lowest BCUT2D eigenvalue weighted by molar-refractivity contribution is 0.669. The molecule has 0 aliphatic rings. The van der Waals surface area contributed by atoms with Crippen LogP contribution in [0.1, 0.15) is 0 Å². The van der Waals surface area contributed by atoms with E-state index in [1.807, 2.05) is 67.1 Å². The average Bonchev–Trinajstić information content (AvgIpc) is 3.86. The first-order chi connectivity index (χ1) is 36.2. The molecule has 0 saturated carbocycles. The summed E-state index contributed by atoms with van der Waals surface area (Å²) in [5, 5.41) is 2.21. The van der Waals surface area contributed by atoms with Crippen molar-refractivity contribution in [3.63, 3.8) is 0 Å². The first-order valence-corrected chi connectivity index (χ1v) is 24.6. The molecule has 4 heteroatoms. The van der Waals surface area contributed by atoms with E-state index in [1.165, 1.54) is 0 Å². The molecule has 0 aliphatic heterocycles. The minimum absolute atomic E-state index is 0.855. The maximum atomic E-state index is 6.50. The van der Waals surface area contributed by atoms with Gasteiger partial charge in [-0.1, -0.05) is 176 Å². The lowest BCUT2D eigenvalue weighted by Crippen LogP contribution is -1.94. The molecular formula is C69H45N3O. The van der Waals surface area contributed by atoms with Crippen LogP contribution in [0.15, 0.2) is 278 Å². The van der Waals surface area contributed by atoms with Crippen LogP contribution in [0.2, 0.25) is 0 Å². The Bertz CT molecular complexity index is 3960. The number of aromatic nitrogens is 3. The number of benzene rings is 9. The Kier molecular flexibility index (Phi) is 11.2. The number of nitrogens with zero attached hydrogens (tertiary/aromatic N) is 3. The molecular weight excluding hydrogens is 887 g/mol. The lowest BCUT2D eigenvalue weighted by Gasteiger charge is -2.19. The summed E-state index contributed by atoms with van der Waals surface area (Å²) in [6.45, 7) is 0. The molecule has 0 bridgehead atoms. The van der Waals surface area contributed by atoms with Crippen molar-refractivity contribution in [3.8, 4) is 112 Å². The van der Waals surface area contributed by atoms with Gasteiger partial charge in [0, 0.05) is 46.1 Å². The van der Waals surface area contributed by atoms with Gasteiger partial charge >= 0.3 is 0 Å². The van der Waals surface area contributed by atoms with E-state index < -0.39 is 0 Å². The number of hydrogen-bond donors (Lipinski definition) is 0. The summed E-state index contributed by atoms with van der Waals surface area (Å²) in [6.07, 6.45) is 5.54. The molecule has 4 heterocycles. The van der Waals surface area contributed by atoms with Crippen LogP contribution in [0, 0.1) is 0 Å². The van der Waals surface area contributed by atoms with Crippen molar-refractivity contribution in [3.05, 3.63) is 273 Å². The van der Waals surface area contributed by atoms with Gasteiger partial charge in [-0.25, -0.2) is 0 Å². The molecule has 0 amide bonds. The fourth-order valence-corrected chi connectivity index (χ4v) is 10.3. The van der Waals surface area contributed by atoms with Crippen LogP contribution >= 0.6 is 0 Å². The molecule has 0 spiro atoms. The Labute approximate surface area is 424 Å². The topological polar surface area (TPSA) is 51.8 Å². The second-order valence-corrected chi connectivity index (χ2v) is 18.3. The highest BCUT2D eigenvalue weighted by Gasteiger charge is 2.20. The zero-order chi connectivity index (χ0) is 48.5. The molecule has 0 fully saturated rings. The number of rotatable bonds is 10. The van der Waals surface area contributed by atoms with Crippen LogP contribution in [0.4, 0.5) is 0 Å². The van der Waals surface area contributed by atoms with Crippen LogP contribution in [0.5, 0.6) is 0 Å². The highest BCUT2D eigenvalue weighted by atomic mass is 16.3. The Morgan fingerprint density at radius 3 is 1.08 bits per heavy atom. The summed E-state index contributed by atoms with van der Waals surface area (Å²) in [7, 11) is 0. The van der Waals surface area contributed by atoms with Gasteiger partial charge in [0.2, 0.25) is 0 Å². The van der Waals surface area contributed by atoms with Gasteiger partial charge in [-0.3, -0.25) is 15.0 Å². The predicted octanol–water partition coefficient (Wildman–Crippen LogP) is 18.4. The first kappa shape index (κ1) is 43.3. The molecule has 0 saturated heterocycles. The van der Waals surface area contributed by atoms with Gasteiger partial charge in [0.1, 0.15) is 11.2 Å². The number of furan rings is 1. The Hall–Kier alpha value is -9.77. The Balaban J connectivity index is 0.999. The SMILES string of the molecule is c1ccc(-c2ccc(-c3ccccc3-c3cc(-c4ccccc4-c4ccc(-c5ccccn5)cc4)cc(-c4ccccc4-c4ccc(-c5ccccn5)cc4-c4ccc5c(c4)oc4ccccc45)c3)cc2)nc1. The van der Waals surface area contributed by atoms with Gasteiger partial charge in [0.25, 0.3) is 0 Å². The minimum Gasteiger partial charge on any atom is -0.456 e. The molecule has 13 rings (SSSR count). The molecule has 73 heavy (non-hydrogen) atoms. The second kappa shape index (κ2) is 18.9. The summed E-state index contributed by atoms with van der Waals surface area (Å²) >= 11 is 0. The maximum Gasteiger partial charge on any atom is 0.136 e. The second-order valence-electron chi connectivity index (χ2n) is 18.3. The normalized spacial score (nSPS) is 11.3. The summed E-state index contributed by atoms with van der Waals surface area (Å²) < 4.78 is 6.50. The zero-order valence-electron chi connectivity index (χ0n) is 39.7. The van der Waals surface area contributed by atoms with Crippen molar-refractivity contribution in [2.24, 2.45) is 0 Å². The monoisotopic (exact) mass is 931 g/mol. The van der Waals surface area contributed by atoms with E-state index in [1.54, 1.807) is 0 Å². The van der Waals surface area contributed by atoms with E-state index in [9.17, 15) is 0 Å². The van der Waals surface area contributed by atoms with E-state index in [2.05, 4.69) is 216 Å². The molecule has 4 aromatic heterocycles. The van der Waals surface area contributed by atoms with E-state index in [0.29, 0.717) is 0 Å². The van der Waals surface area contributed by atoms with Crippen LogP contribution < -0.4 is 0 Å². The molecule has 0 atom stereocenters. The number of para-hydroxylation sites is 1. The Morgan fingerprint density at radius 1 is 0.205 bits per heavy atom.